The summed E-state index contributed by atoms with van der Waals surface area (Å²) in [6, 6.07) is -1.53. The van der Waals surface area contributed by atoms with E-state index < -0.39 is 46.6 Å². The quantitative estimate of drug-likeness (QED) is 0.751. The van der Waals surface area contributed by atoms with E-state index in [-0.39, 0.29) is 6.07 Å². The van der Waals surface area contributed by atoms with E-state index in [0.717, 1.165) is 0 Å². The minimum atomic E-state index is -1.39. The van der Waals surface area contributed by atoms with Gasteiger partial charge in [-0.05, 0) is 5.41 Å². The molecule has 8 heteroatoms. The third-order valence-electron chi connectivity index (χ3n) is 2.65. The van der Waals surface area contributed by atoms with Crippen LogP contribution >= 0.6 is 0 Å². The van der Waals surface area contributed by atoms with Crippen LogP contribution in [0.25, 0.3) is 0 Å². The zero-order valence-corrected chi connectivity index (χ0v) is 11.6. The topological polar surface area (TPSA) is 78.4 Å². The van der Waals surface area contributed by atoms with Crippen LogP contribution in [-0.4, -0.2) is 23.1 Å². The highest BCUT2D eigenvalue weighted by Crippen LogP contribution is 2.21. The van der Waals surface area contributed by atoms with Crippen molar-refractivity contribution in [2.24, 2.45) is 5.41 Å². The van der Waals surface area contributed by atoms with Gasteiger partial charge in [-0.1, -0.05) is 20.8 Å². The summed E-state index contributed by atoms with van der Waals surface area (Å²) in [4.78, 5) is 22.7. The highest BCUT2D eigenvalue weighted by molar-refractivity contribution is 5.92. The van der Waals surface area contributed by atoms with Crippen molar-refractivity contribution in [1.29, 1.82) is 0 Å². The number of urea groups is 1. The predicted octanol–water partition coefficient (Wildman–Crippen LogP) is 2.72. The molecule has 3 N–H and O–H groups in total. The zero-order chi connectivity index (χ0) is 16.4. The Morgan fingerprint density at radius 3 is 2.10 bits per heavy atom. The van der Waals surface area contributed by atoms with Crippen molar-refractivity contribution < 1.29 is 27.9 Å². The maximum atomic E-state index is 13.4. The first-order chi connectivity index (χ1) is 9.52. The number of hydrogen-bond acceptors (Lipinski definition) is 2. The van der Waals surface area contributed by atoms with Gasteiger partial charge in [-0.15, -0.1) is 0 Å². The van der Waals surface area contributed by atoms with Gasteiger partial charge in [-0.3, -0.25) is 0 Å². The maximum absolute atomic E-state index is 13.4. The largest absolute Gasteiger partial charge is 0.480 e. The molecule has 0 saturated carbocycles. The lowest BCUT2D eigenvalue weighted by molar-refractivity contribution is -0.141. The number of amides is 2. The van der Waals surface area contributed by atoms with Crippen molar-refractivity contribution in [3.63, 3.8) is 0 Å². The van der Waals surface area contributed by atoms with Gasteiger partial charge in [0, 0.05) is 12.1 Å². The Bertz CT molecular complexity index is 571. The number of carbonyl (C=O) groups excluding carboxylic acids is 1. The molecule has 0 aromatic heterocycles. The first kappa shape index (κ1) is 16.8. The molecule has 21 heavy (non-hydrogen) atoms. The highest BCUT2D eigenvalue weighted by Gasteiger charge is 2.32. The summed E-state index contributed by atoms with van der Waals surface area (Å²) in [5.41, 5.74) is -1.39. The van der Waals surface area contributed by atoms with Gasteiger partial charge in [0.05, 0.1) is 5.69 Å². The monoisotopic (exact) mass is 304 g/mol. The second-order valence-corrected chi connectivity index (χ2v) is 5.48. The van der Waals surface area contributed by atoms with E-state index in [0.29, 0.717) is 6.07 Å². The number of anilines is 1. The van der Waals surface area contributed by atoms with Gasteiger partial charge in [0.25, 0.3) is 0 Å². The number of nitrogens with one attached hydrogen (secondary N) is 2. The molecule has 0 radical (unpaired) electrons. The van der Waals surface area contributed by atoms with Crippen molar-refractivity contribution in [2.45, 2.75) is 26.8 Å². The number of benzene rings is 1. The molecule has 0 heterocycles. The fraction of sp³-hybridized carbons (Fsp3) is 0.385. The number of hydrogen-bond donors (Lipinski definition) is 3. The van der Waals surface area contributed by atoms with Gasteiger partial charge >= 0.3 is 12.0 Å². The van der Waals surface area contributed by atoms with Crippen LogP contribution in [0.1, 0.15) is 20.8 Å². The Kier molecular flexibility index (Phi) is 4.82. The van der Waals surface area contributed by atoms with Crippen molar-refractivity contribution in [2.75, 3.05) is 5.32 Å². The molecular weight excluding hydrogens is 289 g/mol. The number of halogens is 3. The van der Waals surface area contributed by atoms with E-state index in [1.807, 2.05) is 5.32 Å². The molecule has 1 aromatic carbocycles. The predicted molar refractivity (Wildman–Crippen MR) is 69.3 cm³/mol. The molecule has 1 atom stereocenters. The minimum Gasteiger partial charge on any atom is -0.480 e. The molecule has 0 unspecified atom stereocenters. The fourth-order valence-corrected chi connectivity index (χ4v) is 1.56. The lowest BCUT2D eigenvalue weighted by Crippen LogP contribution is -2.50. The summed E-state index contributed by atoms with van der Waals surface area (Å²) in [5, 5.41) is 13.1. The second-order valence-electron chi connectivity index (χ2n) is 5.48. The molecule has 0 bridgehead atoms. The molecule has 0 spiro atoms. The number of carbonyl (C=O) groups is 2. The first-order valence-corrected chi connectivity index (χ1v) is 5.97. The van der Waals surface area contributed by atoms with E-state index in [9.17, 15) is 22.8 Å². The zero-order valence-electron chi connectivity index (χ0n) is 11.6. The fourth-order valence-electron chi connectivity index (χ4n) is 1.56. The molecular formula is C13H15F3N2O3. The van der Waals surface area contributed by atoms with Crippen LogP contribution in [0.2, 0.25) is 0 Å². The smallest absolute Gasteiger partial charge is 0.326 e. The Hall–Kier alpha value is -2.25. The average molecular weight is 304 g/mol. The van der Waals surface area contributed by atoms with Gasteiger partial charge in [0.2, 0.25) is 0 Å². The van der Waals surface area contributed by atoms with Crippen molar-refractivity contribution >= 4 is 17.7 Å². The van der Waals surface area contributed by atoms with E-state index in [2.05, 4.69) is 5.32 Å². The van der Waals surface area contributed by atoms with E-state index in [1.54, 1.807) is 20.8 Å². The Morgan fingerprint density at radius 1 is 1.10 bits per heavy atom. The summed E-state index contributed by atoms with van der Waals surface area (Å²) in [5.74, 6) is -5.18. The lowest BCUT2D eigenvalue weighted by Gasteiger charge is -2.27. The van der Waals surface area contributed by atoms with E-state index >= 15 is 0 Å². The van der Waals surface area contributed by atoms with Crippen molar-refractivity contribution in [1.82, 2.24) is 5.32 Å². The van der Waals surface area contributed by atoms with Crippen LogP contribution in [0.3, 0.4) is 0 Å². The van der Waals surface area contributed by atoms with Gasteiger partial charge in [0.1, 0.15) is 11.9 Å². The molecule has 0 aliphatic heterocycles. The molecule has 0 fully saturated rings. The van der Waals surface area contributed by atoms with E-state index in [4.69, 9.17) is 5.11 Å². The Balaban J connectivity index is 2.87. The molecule has 1 rings (SSSR count). The average Bonchev–Trinajstić information content (AvgIpc) is 2.31. The number of carboxylic acids is 1. The normalized spacial score (nSPS) is 12.7. The summed E-state index contributed by atoms with van der Waals surface area (Å²) >= 11 is 0. The molecule has 0 saturated heterocycles. The van der Waals surface area contributed by atoms with Crippen molar-refractivity contribution in [3.8, 4) is 0 Å². The van der Waals surface area contributed by atoms with Crippen LogP contribution in [0.4, 0.5) is 23.7 Å². The SMILES string of the molecule is CC(C)(C)[C@@H](NC(=O)Nc1cc(F)c(F)cc1F)C(=O)O. The highest BCUT2D eigenvalue weighted by atomic mass is 19.2. The summed E-state index contributed by atoms with van der Waals surface area (Å²) in [7, 11) is 0. The Morgan fingerprint density at radius 2 is 1.62 bits per heavy atom. The van der Waals surface area contributed by atoms with Gasteiger partial charge in [0.15, 0.2) is 11.6 Å². The van der Waals surface area contributed by atoms with Crippen LogP contribution in [-0.2, 0) is 4.79 Å². The van der Waals surface area contributed by atoms with Gasteiger partial charge in [-0.2, -0.15) is 0 Å². The third-order valence-corrected chi connectivity index (χ3v) is 2.65. The number of aliphatic carboxylic acids is 1. The summed E-state index contributed by atoms with van der Waals surface area (Å²) in [6.07, 6.45) is 0. The van der Waals surface area contributed by atoms with Crippen LogP contribution < -0.4 is 10.6 Å². The minimum absolute atomic E-state index is 0.281. The molecule has 0 aliphatic rings. The van der Waals surface area contributed by atoms with Crippen LogP contribution in [0, 0.1) is 22.9 Å². The molecule has 0 aliphatic carbocycles. The Labute approximate surface area is 119 Å². The molecule has 5 nitrogen and oxygen atoms in total. The molecule has 116 valence electrons. The molecule has 1 aromatic rings. The second kappa shape index (κ2) is 6.02. The van der Waals surface area contributed by atoms with Crippen LogP contribution in [0.15, 0.2) is 12.1 Å². The lowest BCUT2D eigenvalue weighted by atomic mass is 9.87. The third kappa shape index (κ3) is 4.37. The maximum Gasteiger partial charge on any atom is 0.326 e. The van der Waals surface area contributed by atoms with Crippen LogP contribution in [0.5, 0.6) is 0 Å². The first-order valence-electron chi connectivity index (χ1n) is 5.97. The number of rotatable bonds is 3. The van der Waals surface area contributed by atoms with E-state index in [1.165, 1.54) is 0 Å². The van der Waals surface area contributed by atoms with Gasteiger partial charge in [-0.25, -0.2) is 22.8 Å². The number of carboxylic acid groups (broad SMARTS) is 1. The van der Waals surface area contributed by atoms with Gasteiger partial charge < -0.3 is 15.7 Å². The summed E-state index contributed by atoms with van der Waals surface area (Å²) < 4.78 is 39.1. The van der Waals surface area contributed by atoms with Crippen molar-refractivity contribution in [3.05, 3.63) is 29.6 Å². The standard InChI is InChI=1S/C13H15F3N2O3/c1-13(2,3)10(11(19)20)18-12(21)17-9-5-7(15)6(14)4-8(9)16/h4-5,10H,1-3H3,(H,19,20)(H2,17,18,21)/t10-/m0/s1. The molecule has 2 amide bonds. The summed E-state index contributed by atoms with van der Waals surface area (Å²) in [6.45, 7) is 4.76.